The summed E-state index contributed by atoms with van der Waals surface area (Å²) in [5.41, 5.74) is 0.806. The minimum Gasteiger partial charge on any atom is -0.388 e. The SMILES string of the molecule is Cc1nc(CC(O)c2ccc(F)cc2F)cs1. The van der Waals surface area contributed by atoms with Crippen LogP contribution in [-0.2, 0) is 6.42 Å². The summed E-state index contributed by atoms with van der Waals surface area (Å²) in [6.07, 6.45) is -0.774. The van der Waals surface area contributed by atoms with Crippen LogP contribution in [0.25, 0.3) is 0 Å². The number of thiazole rings is 1. The van der Waals surface area contributed by atoms with Gasteiger partial charge in [0.05, 0.1) is 16.8 Å². The Kier molecular flexibility index (Phi) is 3.49. The molecule has 1 aromatic heterocycles. The Labute approximate surface area is 102 Å². The Morgan fingerprint density at radius 1 is 1.41 bits per heavy atom. The highest BCUT2D eigenvalue weighted by Crippen LogP contribution is 2.22. The predicted octanol–water partition coefficient (Wildman–Crippen LogP) is 3.01. The van der Waals surface area contributed by atoms with Crippen molar-refractivity contribution in [1.29, 1.82) is 0 Å². The number of aliphatic hydroxyl groups excluding tert-OH is 1. The topological polar surface area (TPSA) is 33.1 Å². The number of nitrogens with zero attached hydrogens (tertiary/aromatic N) is 1. The van der Waals surface area contributed by atoms with Crippen LogP contribution in [0.1, 0.15) is 22.4 Å². The second-order valence-electron chi connectivity index (χ2n) is 3.74. The highest BCUT2D eigenvalue weighted by atomic mass is 32.1. The van der Waals surface area contributed by atoms with Crippen LogP contribution in [0.4, 0.5) is 8.78 Å². The van der Waals surface area contributed by atoms with Crippen LogP contribution in [0, 0.1) is 18.6 Å². The highest BCUT2D eigenvalue weighted by Gasteiger charge is 2.15. The molecule has 0 spiro atoms. The standard InChI is InChI=1S/C12H11F2NOS/c1-7-15-9(6-17-7)5-12(16)10-3-2-8(13)4-11(10)14/h2-4,6,12,16H,5H2,1H3. The van der Waals surface area contributed by atoms with Crippen LogP contribution in [-0.4, -0.2) is 10.1 Å². The largest absolute Gasteiger partial charge is 0.388 e. The fraction of sp³-hybridized carbons (Fsp3) is 0.250. The molecule has 2 aromatic rings. The molecule has 1 N–H and O–H groups in total. The molecule has 0 aliphatic carbocycles. The predicted molar refractivity (Wildman–Crippen MR) is 61.9 cm³/mol. The first-order valence-corrected chi connectivity index (χ1v) is 5.98. The maximum absolute atomic E-state index is 13.4. The van der Waals surface area contributed by atoms with Crippen LogP contribution in [0.15, 0.2) is 23.6 Å². The average molecular weight is 255 g/mol. The first kappa shape index (κ1) is 12.1. The van der Waals surface area contributed by atoms with Crippen molar-refractivity contribution in [2.75, 3.05) is 0 Å². The van der Waals surface area contributed by atoms with E-state index in [9.17, 15) is 13.9 Å². The molecule has 5 heteroatoms. The van der Waals surface area contributed by atoms with Crippen LogP contribution in [0.5, 0.6) is 0 Å². The second kappa shape index (κ2) is 4.89. The fourth-order valence-corrected chi connectivity index (χ4v) is 2.21. The van der Waals surface area contributed by atoms with E-state index in [1.165, 1.54) is 17.4 Å². The van der Waals surface area contributed by atoms with Gasteiger partial charge in [0.15, 0.2) is 0 Å². The summed E-state index contributed by atoms with van der Waals surface area (Å²) < 4.78 is 26.1. The van der Waals surface area contributed by atoms with E-state index in [1.807, 2.05) is 12.3 Å². The van der Waals surface area contributed by atoms with E-state index in [2.05, 4.69) is 4.98 Å². The quantitative estimate of drug-likeness (QED) is 0.914. The molecule has 0 radical (unpaired) electrons. The molecular weight excluding hydrogens is 244 g/mol. The lowest BCUT2D eigenvalue weighted by Crippen LogP contribution is -2.05. The van der Waals surface area contributed by atoms with Gasteiger partial charge in [0, 0.05) is 23.4 Å². The van der Waals surface area contributed by atoms with Crippen molar-refractivity contribution in [1.82, 2.24) is 4.98 Å². The minimum atomic E-state index is -1.00. The molecule has 0 bridgehead atoms. The molecule has 0 saturated carbocycles. The van der Waals surface area contributed by atoms with E-state index in [1.54, 1.807) is 0 Å². The summed E-state index contributed by atoms with van der Waals surface area (Å²) in [7, 11) is 0. The van der Waals surface area contributed by atoms with Gasteiger partial charge >= 0.3 is 0 Å². The van der Waals surface area contributed by atoms with E-state index >= 15 is 0 Å². The van der Waals surface area contributed by atoms with E-state index in [0.29, 0.717) is 5.69 Å². The number of hydrogen-bond acceptors (Lipinski definition) is 3. The maximum atomic E-state index is 13.4. The summed E-state index contributed by atoms with van der Waals surface area (Å²) in [6.45, 7) is 1.86. The average Bonchev–Trinajstić information content (AvgIpc) is 2.63. The molecule has 2 rings (SSSR count). The Hall–Kier alpha value is -1.33. The van der Waals surface area contributed by atoms with Crippen molar-refractivity contribution in [3.8, 4) is 0 Å². The normalized spacial score (nSPS) is 12.7. The van der Waals surface area contributed by atoms with Crippen molar-refractivity contribution >= 4 is 11.3 Å². The smallest absolute Gasteiger partial charge is 0.131 e. The molecule has 17 heavy (non-hydrogen) atoms. The number of benzene rings is 1. The molecule has 0 saturated heterocycles. The maximum Gasteiger partial charge on any atom is 0.131 e. The second-order valence-corrected chi connectivity index (χ2v) is 4.81. The zero-order valence-corrected chi connectivity index (χ0v) is 9.97. The number of halogens is 2. The molecule has 90 valence electrons. The fourth-order valence-electron chi connectivity index (χ4n) is 1.58. The third-order valence-corrected chi connectivity index (χ3v) is 3.21. The van der Waals surface area contributed by atoms with Gasteiger partial charge in [-0.3, -0.25) is 0 Å². The van der Waals surface area contributed by atoms with E-state index in [4.69, 9.17) is 0 Å². The lowest BCUT2D eigenvalue weighted by Gasteiger charge is -2.10. The Balaban J connectivity index is 2.17. The van der Waals surface area contributed by atoms with E-state index in [0.717, 1.165) is 17.1 Å². The molecule has 2 nitrogen and oxygen atoms in total. The van der Waals surface area contributed by atoms with Crippen molar-refractivity contribution < 1.29 is 13.9 Å². The summed E-state index contributed by atoms with van der Waals surface area (Å²) in [6, 6.07) is 3.16. The first-order chi connectivity index (χ1) is 8.06. The number of rotatable bonds is 3. The molecule has 1 atom stereocenters. The summed E-state index contributed by atoms with van der Waals surface area (Å²) in [5, 5.41) is 12.6. The van der Waals surface area contributed by atoms with Crippen molar-refractivity contribution in [2.24, 2.45) is 0 Å². The third-order valence-electron chi connectivity index (χ3n) is 2.39. The lowest BCUT2D eigenvalue weighted by molar-refractivity contribution is 0.172. The van der Waals surface area contributed by atoms with Crippen molar-refractivity contribution in [3.63, 3.8) is 0 Å². The van der Waals surface area contributed by atoms with Gasteiger partial charge in [-0.2, -0.15) is 0 Å². The summed E-state index contributed by atoms with van der Waals surface area (Å²) in [4.78, 5) is 4.19. The Morgan fingerprint density at radius 2 is 2.18 bits per heavy atom. The van der Waals surface area contributed by atoms with Gasteiger partial charge < -0.3 is 5.11 Å². The molecule has 0 fully saturated rings. The number of aliphatic hydroxyl groups is 1. The van der Waals surface area contributed by atoms with Crippen LogP contribution < -0.4 is 0 Å². The number of aromatic nitrogens is 1. The molecule has 0 amide bonds. The van der Waals surface area contributed by atoms with Gasteiger partial charge in [-0.05, 0) is 13.0 Å². The number of aryl methyl sites for hydroxylation is 1. The minimum absolute atomic E-state index is 0.0945. The van der Waals surface area contributed by atoms with Crippen LogP contribution >= 0.6 is 11.3 Å². The zero-order valence-electron chi connectivity index (χ0n) is 9.15. The number of hydrogen-bond donors (Lipinski definition) is 1. The zero-order chi connectivity index (χ0) is 12.4. The molecule has 1 aromatic carbocycles. The van der Waals surface area contributed by atoms with Gasteiger partial charge in [-0.15, -0.1) is 11.3 Å². The molecule has 0 aliphatic rings. The van der Waals surface area contributed by atoms with Gasteiger partial charge in [-0.1, -0.05) is 6.07 Å². The summed E-state index contributed by atoms with van der Waals surface area (Å²) in [5.74, 6) is -1.38. The lowest BCUT2D eigenvalue weighted by atomic mass is 10.0. The molecule has 1 unspecified atom stereocenters. The summed E-state index contributed by atoms with van der Waals surface area (Å²) >= 11 is 1.47. The van der Waals surface area contributed by atoms with Gasteiger partial charge in [-0.25, -0.2) is 13.8 Å². The van der Waals surface area contributed by atoms with Crippen molar-refractivity contribution in [2.45, 2.75) is 19.4 Å². The third kappa shape index (κ3) is 2.87. The Morgan fingerprint density at radius 3 is 2.76 bits per heavy atom. The first-order valence-electron chi connectivity index (χ1n) is 5.10. The molecule has 1 heterocycles. The van der Waals surface area contributed by atoms with E-state index in [-0.39, 0.29) is 12.0 Å². The molecular formula is C12H11F2NOS. The Bertz CT molecular complexity index is 527. The van der Waals surface area contributed by atoms with Gasteiger partial charge in [0.2, 0.25) is 0 Å². The van der Waals surface area contributed by atoms with Gasteiger partial charge in [0.1, 0.15) is 11.6 Å². The monoisotopic (exact) mass is 255 g/mol. The van der Waals surface area contributed by atoms with E-state index < -0.39 is 17.7 Å². The van der Waals surface area contributed by atoms with Crippen LogP contribution in [0.3, 0.4) is 0 Å². The molecule has 0 aliphatic heterocycles. The van der Waals surface area contributed by atoms with Crippen LogP contribution in [0.2, 0.25) is 0 Å². The van der Waals surface area contributed by atoms with Crippen molar-refractivity contribution in [3.05, 3.63) is 51.5 Å². The highest BCUT2D eigenvalue weighted by molar-refractivity contribution is 7.09. The van der Waals surface area contributed by atoms with Gasteiger partial charge in [0.25, 0.3) is 0 Å².